The molecule has 6 nitrogen and oxygen atoms in total. The van der Waals surface area contributed by atoms with E-state index in [1.54, 1.807) is 0 Å². The molecule has 0 radical (unpaired) electrons. The van der Waals surface area contributed by atoms with E-state index in [0.717, 1.165) is 6.42 Å². The lowest BCUT2D eigenvalue weighted by Gasteiger charge is -2.25. The molecule has 0 aromatic rings. The van der Waals surface area contributed by atoms with E-state index in [9.17, 15) is 14.7 Å². The van der Waals surface area contributed by atoms with Crippen LogP contribution >= 0.6 is 0 Å². The summed E-state index contributed by atoms with van der Waals surface area (Å²) in [6, 6.07) is -0.914. The number of carbonyl (C=O) groups is 2. The van der Waals surface area contributed by atoms with E-state index in [0.29, 0.717) is 6.42 Å². The van der Waals surface area contributed by atoms with Crippen LogP contribution < -0.4 is 5.73 Å². The van der Waals surface area contributed by atoms with Crippen LogP contribution in [0.2, 0.25) is 0 Å². The third-order valence-corrected chi connectivity index (χ3v) is 3.12. The van der Waals surface area contributed by atoms with Crippen molar-refractivity contribution in [2.75, 3.05) is 13.1 Å². The second kappa shape index (κ2) is 5.97. The summed E-state index contributed by atoms with van der Waals surface area (Å²) >= 11 is 0. The number of carbonyl (C=O) groups excluding carboxylic acids is 1. The summed E-state index contributed by atoms with van der Waals surface area (Å²) in [6.07, 6.45) is 0.820. The fraction of sp³-hybridized carbons (Fsp3) is 0.818. The van der Waals surface area contributed by atoms with Crippen molar-refractivity contribution >= 4 is 11.9 Å². The number of amides is 1. The third kappa shape index (κ3) is 3.17. The van der Waals surface area contributed by atoms with Gasteiger partial charge in [0.05, 0.1) is 12.0 Å². The van der Waals surface area contributed by atoms with Gasteiger partial charge >= 0.3 is 5.97 Å². The Morgan fingerprint density at radius 1 is 1.53 bits per heavy atom. The zero-order valence-electron chi connectivity index (χ0n) is 10.0. The maximum Gasteiger partial charge on any atom is 0.326 e. The first-order valence-electron chi connectivity index (χ1n) is 5.92. The molecule has 1 rings (SSSR count). The van der Waals surface area contributed by atoms with Crippen LogP contribution in [0.25, 0.3) is 0 Å². The Kier molecular flexibility index (Phi) is 4.89. The molecule has 2 unspecified atom stereocenters. The van der Waals surface area contributed by atoms with Gasteiger partial charge in [0.2, 0.25) is 5.91 Å². The van der Waals surface area contributed by atoms with Crippen molar-refractivity contribution in [2.24, 2.45) is 11.7 Å². The van der Waals surface area contributed by atoms with E-state index in [4.69, 9.17) is 10.8 Å². The SMILES string of the molecule is CCCC(CN)C(=O)N1CC(O)C[C@H]1C(=O)O. The molecule has 1 saturated heterocycles. The number of aliphatic hydroxyl groups is 1. The number of nitrogens with zero attached hydrogens (tertiary/aromatic N) is 1. The first-order valence-corrected chi connectivity index (χ1v) is 5.92. The van der Waals surface area contributed by atoms with Crippen LogP contribution in [-0.4, -0.2) is 52.2 Å². The largest absolute Gasteiger partial charge is 0.480 e. The van der Waals surface area contributed by atoms with E-state index in [-0.39, 0.29) is 31.3 Å². The number of likely N-dealkylation sites (tertiary alicyclic amines) is 1. The van der Waals surface area contributed by atoms with Crippen molar-refractivity contribution in [3.63, 3.8) is 0 Å². The van der Waals surface area contributed by atoms with E-state index in [1.807, 2.05) is 6.92 Å². The van der Waals surface area contributed by atoms with Crippen molar-refractivity contribution < 1.29 is 19.8 Å². The van der Waals surface area contributed by atoms with Gasteiger partial charge in [-0.3, -0.25) is 4.79 Å². The Hall–Kier alpha value is -1.14. The smallest absolute Gasteiger partial charge is 0.326 e. The first-order chi connectivity index (χ1) is 8.01. The minimum Gasteiger partial charge on any atom is -0.480 e. The Morgan fingerprint density at radius 2 is 2.18 bits per heavy atom. The summed E-state index contributed by atoms with van der Waals surface area (Å²) in [4.78, 5) is 24.3. The lowest BCUT2D eigenvalue weighted by Crippen LogP contribution is -2.45. The van der Waals surface area contributed by atoms with Gasteiger partial charge in [-0.05, 0) is 6.42 Å². The molecule has 1 amide bonds. The van der Waals surface area contributed by atoms with Crippen LogP contribution in [0.5, 0.6) is 0 Å². The maximum absolute atomic E-state index is 12.1. The summed E-state index contributed by atoms with van der Waals surface area (Å²) < 4.78 is 0. The highest BCUT2D eigenvalue weighted by atomic mass is 16.4. The summed E-state index contributed by atoms with van der Waals surface area (Å²) in [7, 11) is 0. The molecule has 3 atom stereocenters. The Balaban J connectivity index is 2.75. The van der Waals surface area contributed by atoms with Crippen LogP contribution in [0.1, 0.15) is 26.2 Å². The van der Waals surface area contributed by atoms with Crippen LogP contribution in [0.4, 0.5) is 0 Å². The zero-order valence-corrected chi connectivity index (χ0v) is 10.0. The fourth-order valence-electron chi connectivity index (χ4n) is 2.22. The first kappa shape index (κ1) is 13.9. The third-order valence-electron chi connectivity index (χ3n) is 3.12. The molecule has 17 heavy (non-hydrogen) atoms. The topological polar surface area (TPSA) is 104 Å². The van der Waals surface area contributed by atoms with Gasteiger partial charge in [-0.25, -0.2) is 4.79 Å². The van der Waals surface area contributed by atoms with Crippen LogP contribution in [0, 0.1) is 5.92 Å². The molecule has 0 aromatic carbocycles. The van der Waals surface area contributed by atoms with Crippen molar-refractivity contribution in [3.8, 4) is 0 Å². The molecular formula is C11H20N2O4. The predicted octanol–water partition coefficient (Wildman–Crippen LogP) is -0.592. The molecule has 0 bridgehead atoms. The number of rotatable bonds is 5. The molecule has 4 N–H and O–H groups in total. The highest BCUT2D eigenvalue weighted by Crippen LogP contribution is 2.21. The van der Waals surface area contributed by atoms with Gasteiger partial charge in [-0.2, -0.15) is 0 Å². The van der Waals surface area contributed by atoms with Crippen molar-refractivity contribution in [3.05, 3.63) is 0 Å². The number of nitrogens with two attached hydrogens (primary N) is 1. The summed E-state index contributed by atoms with van der Waals surface area (Å²) in [5.41, 5.74) is 5.53. The van der Waals surface area contributed by atoms with Crippen LogP contribution in [-0.2, 0) is 9.59 Å². The minimum absolute atomic E-state index is 0.0933. The Labute approximate surface area is 100 Å². The molecule has 1 fully saturated rings. The van der Waals surface area contributed by atoms with E-state index in [1.165, 1.54) is 4.90 Å². The average molecular weight is 244 g/mol. The lowest BCUT2D eigenvalue weighted by atomic mass is 10.0. The predicted molar refractivity (Wildman–Crippen MR) is 61.2 cm³/mol. The van der Waals surface area contributed by atoms with Crippen LogP contribution in [0.15, 0.2) is 0 Å². The average Bonchev–Trinajstić information content (AvgIpc) is 2.67. The maximum atomic E-state index is 12.1. The van der Waals surface area contributed by atoms with E-state index >= 15 is 0 Å². The number of aliphatic hydroxyl groups excluding tert-OH is 1. The zero-order chi connectivity index (χ0) is 13.0. The molecule has 1 aliphatic rings. The van der Waals surface area contributed by atoms with Crippen molar-refractivity contribution in [1.29, 1.82) is 0 Å². The monoisotopic (exact) mass is 244 g/mol. The quantitative estimate of drug-likeness (QED) is 0.599. The molecule has 0 aromatic heterocycles. The molecular weight excluding hydrogens is 224 g/mol. The molecule has 6 heteroatoms. The summed E-state index contributed by atoms with van der Waals surface area (Å²) in [6.45, 7) is 2.26. The number of β-amino-alcohol motifs (C(OH)–C–C–N with tert-alkyl or cyclic N) is 1. The van der Waals surface area contributed by atoms with Crippen molar-refractivity contribution in [2.45, 2.75) is 38.3 Å². The van der Waals surface area contributed by atoms with Gasteiger partial charge in [0, 0.05) is 19.5 Å². The minimum atomic E-state index is -1.07. The summed E-state index contributed by atoms with van der Waals surface area (Å²) in [5.74, 6) is -1.66. The number of hydrogen-bond donors (Lipinski definition) is 3. The Bertz CT molecular complexity index is 295. The van der Waals surface area contributed by atoms with Gasteiger partial charge in [-0.15, -0.1) is 0 Å². The Morgan fingerprint density at radius 3 is 2.65 bits per heavy atom. The molecule has 98 valence electrons. The van der Waals surface area contributed by atoms with Crippen LogP contribution in [0.3, 0.4) is 0 Å². The number of hydrogen-bond acceptors (Lipinski definition) is 4. The highest BCUT2D eigenvalue weighted by molar-refractivity contribution is 5.86. The van der Waals surface area contributed by atoms with Gasteiger partial charge < -0.3 is 20.8 Å². The fourth-order valence-corrected chi connectivity index (χ4v) is 2.22. The van der Waals surface area contributed by atoms with E-state index < -0.39 is 18.1 Å². The van der Waals surface area contributed by atoms with Gasteiger partial charge in [0.1, 0.15) is 6.04 Å². The molecule has 1 aliphatic heterocycles. The van der Waals surface area contributed by atoms with Crippen molar-refractivity contribution in [1.82, 2.24) is 4.90 Å². The lowest BCUT2D eigenvalue weighted by molar-refractivity contribution is -0.149. The number of carboxylic acids is 1. The van der Waals surface area contributed by atoms with Gasteiger partial charge in [-0.1, -0.05) is 13.3 Å². The van der Waals surface area contributed by atoms with Gasteiger partial charge in [0.25, 0.3) is 0 Å². The molecule has 0 spiro atoms. The summed E-state index contributed by atoms with van der Waals surface area (Å²) in [5, 5.41) is 18.5. The highest BCUT2D eigenvalue weighted by Gasteiger charge is 2.40. The molecule has 0 saturated carbocycles. The molecule has 1 heterocycles. The standard InChI is InChI=1S/C11H20N2O4/c1-2-3-7(5-12)10(15)13-6-8(14)4-9(13)11(16)17/h7-9,14H,2-6,12H2,1H3,(H,16,17)/t7?,8?,9-/m0/s1. The normalized spacial score (nSPS) is 25.9. The molecule has 0 aliphatic carbocycles. The second-order valence-electron chi connectivity index (χ2n) is 4.46. The number of carboxylic acid groups (broad SMARTS) is 1. The van der Waals surface area contributed by atoms with Gasteiger partial charge in [0.15, 0.2) is 0 Å². The second-order valence-corrected chi connectivity index (χ2v) is 4.46. The number of aliphatic carboxylic acids is 1. The van der Waals surface area contributed by atoms with E-state index in [2.05, 4.69) is 0 Å².